The molecule has 146 valence electrons. The van der Waals surface area contributed by atoms with Gasteiger partial charge < -0.3 is 15.4 Å². The second-order valence-electron chi connectivity index (χ2n) is 5.51. The second-order valence-corrected chi connectivity index (χ2v) is 7.07. The summed E-state index contributed by atoms with van der Waals surface area (Å²) in [4.78, 5) is 11.9. The molecular formula is C16H16F3N3O4S. The molecule has 2 amide bonds. The van der Waals surface area contributed by atoms with E-state index < -0.39 is 34.2 Å². The summed E-state index contributed by atoms with van der Waals surface area (Å²) in [5, 5.41) is 10.1. The van der Waals surface area contributed by atoms with Crippen molar-refractivity contribution >= 4 is 21.7 Å². The van der Waals surface area contributed by atoms with Gasteiger partial charge in [0.2, 0.25) is 10.0 Å². The van der Waals surface area contributed by atoms with Crippen LogP contribution in [0.3, 0.4) is 0 Å². The van der Waals surface area contributed by atoms with Crippen LogP contribution in [0.25, 0.3) is 0 Å². The highest BCUT2D eigenvalue weighted by molar-refractivity contribution is 7.89. The molecule has 7 nitrogen and oxygen atoms in total. The molecule has 0 heterocycles. The lowest BCUT2D eigenvalue weighted by atomic mass is 10.1. The molecule has 27 heavy (non-hydrogen) atoms. The van der Waals surface area contributed by atoms with Gasteiger partial charge in [-0.25, -0.2) is 18.4 Å². The number of hydrogen-bond acceptors (Lipinski definition) is 4. The van der Waals surface area contributed by atoms with Crippen molar-refractivity contribution < 1.29 is 31.1 Å². The minimum Gasteiger partial charge on any atom is -0.406 e. The molecule has 0 spiro atoms. The number of amides is 2. The van der Waals surface area contributed by atoms with Gasteiger partial charge in [0.25, 0.3) is 0 Å². The van der Waals surface area contributed by atoms with E-state index in [1.807, 2.05) is 0 Å². The molecule has 1 atom stereocenters. The number of ether oxygens (including phenoxy) is 1. The van der Waals surface area contributed by atoms with Gasteiger partial charge in [-0.15, -0.1) is 13.2 Å². The maximum absolute atomic E-state index is 12.1. The van der Waals surface area contributed by atoms with E-state index in [1.165, 1.54) is 36.4 Å². The van der Waals surface area contributed by atoms with E-state index in [0.29, 0.717) is 5.56 Å². The first-order chi connectivity index (χ1) is 12.4. The van der Waals surface area contributed by atoms with Crippen LogP contribution in [0.1, 0.15) is 18.5 Å². The van der Waals surface area contributed by atoms with Crippen LogP contribution < -0.4 is 20.5 Å². The summed E-state index contributed by atoms with van der Waals surface area (Å²) in [5.41, 5.74) is 0.894. The highest BCUT2D eigenvalue weighted by Crippen LogP contribution is 2.24. The van der Waals surface area contributed by atoms with E-state index in [0.717, 1.165) is 12.1 Å². The Labute approximate surface area is 153 Å². The number of carbonyl (C=O) groups is 1. The van der Waals surface area contributed by atoms with E-state index >= 15 is 0 Å². The molecule has 2 rings (SSSR count). The van der Waals surface area contributed by atoms with Crippen LogP contribution in [-0.4, -0.2) is 20.8 Å². The molecule has 0 aliphatic rings. The topological polar surface area (TPSA) is 111 Å². The van der Waals surface area contributed by atoms with E-state index in [2.05, 4.69) is 15.4 Å². The Balaban J connectivity index is 1.95. The molecule has 0 saturated carbocycles. The van der Waals surface area contributed by atoms with Gasteiger partial charge in [-0.3, -0.25) is 0 Å². The lowest BCUT2D eigenvalue weighted by Crippen LogP contribution is -2.31. The van der Waals surface area contributed by atoms with Crippen LogP contribution in [0.2, 0.25) is 0 Å². The Hall–Kier alpha value is -2.79. The highest BCUT2D eigenvalue weighted by atomic mass is 32.2. The molecule has 0 aliphatic carbocycles. The number of rotatable bonds is 5. The van der Waals surface area contributed by atoms with E-state index in [-0.39, 0.29) is 10.6 Å². The average molecular weight is 403 g/mol. The maximum Gasteiger partial charge on any atom is 0.573 e. The molecule has 4 N–H and O–H groups in total. The van der Waals surface area contributed by atoms with Crippen LogP contribution in [0.4, 0.5) is 23.7 Å². The van der Waals surface area contributed by atoms with Gasteiger partial charge in [0, 0.05) is 5.69 Å². The van der Waals surface area contributed by atoms with Gasteiger partial charge >= 0.3 is 12.4 Å². The number of primary sulfonamides is 1. The first-order valence-corrected chi connectivity index (χ1v) is 9.05. The van der Waals surface area contributed by atoms with Gasteiger partial charge in [-0.2, -0.15) is 0 Å². The number of anilines is 1. The Morgan fingerprint density at radius 3 is 2.11 bits per heavy atom. The van der Waals surface area contributed by atoms with Crippen molar-refractivity contribution in [2.24, 2.45) is 5.14 Å². The summed E-state index contributed by atoms with van der Waals surface area (Å²) < 4.78 is 62.5. The van der Waals surface area contributed by atoms with Crippen LogP contribution in [0.5, 0.6) is 5.75 Å². The molecule has 2 aromatic carbocycles. The smallest absolute Gasteiger partial charge is 0.406 e. The number of nitrogens with one attached hydrogen (secondary N) is 2. The Kier molecular flexibility index (Phi) is 5.96. The Bertz CT molecular complexity index is 898. The third-order valence-corrected chi connectivity index (χ3v) is 4.33. The van der Waals surface area contributed by atoms with Crippen LogP contribution in [0, 0.1) is 0 Å². The predicted octanol–water partition coefficient (Wildman–Crippen LogP) is 3.12. The van der Waals surface area contributed by atoms with E-state index in [1.54, 1.807) is 6.92 Å². The Morgan fingerprint density at radius 1 is 1.07 bits per heavy atom. The lowest BCUT2D eigenvalue weighted by molar-refractivity contribution is -0.274. The number of carbonyl (C=O) groups excluding carboxylic acids is 1. The number of benzene rings is 2. The third-order valence-electron chi connectivity index (χ3n) is 3.40. The monoisotopic (exact) mass is 403 g/mol. The van der Waals surface area contributed by atoms with Gasteiger partial charge in [0.1, 0.15) is 5.75 Å². The zero-order valence-corrected chi connectivity index (χ0v) is 14.8. The number of hydrogen-bond donors (Lipinski definition) is 3. The standard InChI is InChI=1S/C16H16F3N3O4S/c1-10(11-2-8-14(9-3-11)27(20,24)25)21-15(23)22-12-4-6-13(7-5-12)26-16(17,18)19/h2-10H,1H3,(H2,20,24,25)(H2,21,22,23). The minimum atomic E-state index is -4.79. The highest BCUT2D eigenvalue weighted by Gasteiger charge is 2.30. The van der Waals surface area contributed by atoms with Gasteiger partial charge in [0.15, 0.2) is 0 Å². The van der Waals surface area contributed by atoms with Crippen molar-refractivity contribution in [1.82, 2.24) is 5.32 Å². The average Bonchev–Trinajstić information content (AvgIpc) is 2.54. The van der Waals surface area contributed by atoms with Crippen LogP contribution in [-0.2, 0) is 10.0 Å². The molecule has 2 aromatic rings. The number of alkyl halides is 3. The van der Waals surface area contributed by atoms with E-state index in [4.69, 9.17) is 5.14 Å². The van der Waals surface area contributed by atoms with Crippen molar-refractivity contribution in [3.63, 3.8) is 0 Å². The van der Waals surface area contributed by atoms with Crippen LogP contribution >= 0.6 is 0 Å². The fourth-order valence-corrected chi connectivity index (χ4v) is 2.65. The van der Waals surface area contributed by atoms with Gasteiger partial charge in [-0.05, 0) is 48.9 Å². The van der Waals surface area contributed by atoms with Crippen molar-refractivity contribution in [1.29, 1.82) is 0 Å². The summed E-state index contributed by atoms with van der Waals surface area (Å²) in [6, 6.07) is 9.24. The lowest BCUT2D eigenvalue weighted by Gasteiger charge is -2.16. The molecule has 11 heteroatoms. The zero-order valence-electron chi connectivity index (χ0n) is 13.9. The quantitative estimate of drug-likeness (QED) is 0.712. The number of urea groups is 1. The molecule has 0 aliphatic heterocycles. The fraction of sp³-hybridized carbons (Fsp3) is 0.188. The summed E-state index contributed by atoms with van der Waals surface area (Å²) >= 11 is 0. The van der Waals surface area contributed by atoms with Crippen molar-refractivity contribution in [2.75, 3.05) is 5.32 Å². The van der Waals surface area contributed by atoms with Crippen molar-refractivity contribution in [2.45, 2.75) is 24.2 Å². The number of nitrogens with two attached hydrogens (primary N) is 1. The molecule has 0 aromatic heterocycles. The molecule has 1 unspecified atom stereocenters. The first-order valence-electron chi connectivity index (χ1n) is 7.50. The van der Waals surface area contributed by atoms with Gasteiger partial charge in [-0.1, -0.05) is 12.1 Å². The Morgan fingerprint density at radius 2 is 1.63 bits per heavy atom. The van der Waals surface area contributed by atoms with Crippen LogP contribution in [0.15, 0.2) is 53.4 Å². The fourth-order valence-electron chi connectivity index (χ4n) is 2.13. The maximum atomic E-state index is 12.1. The normalized spacial score (nSPS) is 12.9. The summed E-state index contributed by atoms with van der Waals surface area (Å²) in [5.74, 6) is -0.406. The predicted molar refractivity (Wildman–Crippen MR) is 91.5 cm³/mol. The molecule has 0 bridgehead atoms. The summed E-state index contributed by atoms with van der Waals surface area (Å²) in [6.07, 6.45) is -4.79. The first kappa shape index (κ1) is 20.5. The zero-order chi connectivity index (χ0) is 20.2. The summed E-state index contributed by atoms with van der Waals surface area (Å²) in [6.45, 7) is 1.67. The molecule has 0 fully saturated rings. The molecular weight excluding hydrogens is 387 g/mol. The van der Waals surface area contributed by atoms with E-state index in [9.17, 15) is 26.4 Å². The van der Waals surface area contributed by atoms with Gasteiger partial charge in [0.05, 0.1) is 10.9 Å². The SMILES string of the molecule is CC(NC(=O)Nc1ccc(OC(F)(F)F)cc1)c1ccc(S(N)(=O)=O)cc1. The summed E-state index contributed by atoms with van der Waals surface area (Å²) in [7, 11) is -3.80. The molecule has 0 saturated heterocycles. The number of sulfonamides is 1. The van der Waals surface area contributed by atoms with Crippen molar-refractivity contribution in [3.05, 3.63) is 54.1 Å². The largest absolute Gasteiger partial charge is 0.573 e. The second kappa shape index (κ2) is 7.84. The third kappa shape index (κ3) is 6.46. The number of halogens is 3. The minimum absolute atomic E-state index is 0.0518. The molecule has 0 radical (unpaired) electrons. The van der Waals surface area contributed by atoms with Crippen molar-refractivity contribution in [3.8, 4) is 5.75 Å².